The van der Waals surface area contributed by atoms with Gasteiger partial charge in [0.05, 0.1) is 11.9 Å². The molecule has 0 saturated heterocycles. The quantitative estimate of drug-likeness (QED) is 0.425. The summed E-state index contributed by atoms with van der Waals surface area (Å²) in [5.41, 5.74) is 6.13. The number of aryl methyl sites for hydroxylation is 3. The predicted molar refractivity (Wildman–Crippen MR) is 110 cm³/mol. The number of H-pyrrole nitrogens is 1. The van der Waals surface area contributed by atoms with Gasteiger partial charge in [-0.3, -0.25) is 4.79 Å². The Morgan fingerprint density at radius 1 is 1.07 bits per heavy atom. The zero-order valence-electron chi connectivity index (χ0n) is 15.5. The molecule has 4 rings (SSSR count). The molecule has 0 aliphatic rings. The summed E-state index contributed by atoms with van der Waals surface area (Å²) in [5.74, 6) is 0.750. The lowest BCUT2D eigenvalue weighted by molar-refractivity contribution is 0.867. The van der Waals surface area contributed by atoms with Crippen LogP contribution < -0.4 is 5.56 Å². The maximum atomic E-state index is 12.5. The first-order valence-electron chi connectivity index (χ1n) is 8.76. The van der Waals surface area contributed by atoms with Crippen LogP contribution in [0.2, 0.25) is 0 Å². The maximum Gasteiger partial charge on any atom is 0.262 e. The normalized spacial score (nSPS) is 11.2. The molecule has 0 amide bonds. The lowest BCUT2D eigenvalue weighted by Gasteiger charge is -2.08. The Labute approximate surface area is 161 Å². The van der Waals surface area contributed by atoms with Crippen LogP contribution in [0, 0.1) is 20.8 Å². The fourth-order valence-corrected chi connectivity index (χ4v) is 3.97. The molecule has 2 aromatic heterocycles. The summed E-state index contributed by atoms with van der Waals surface area (Å²) in [7, 11) is 0. The lowest BCUT2D eigenvalue weighted by atomic mass is 10.1. The third-order valence-corrected chi connectivity index (χ3v) is 5.55. The van der Waals surface area contributed by atoms with Crippen LogP contribution in [0.3, 0.4) is 0 Å². The van der Waals surface area contributed by atoms with Crippen molar-refractivity contribution in [2.24, 2.45) is 0 Å². The van der Waals surface area contributed by atoms with Crippen molar-refractivity contribution in [1.82, 2.24) is 19.7 Å². The molecule has 0 unspecified atom stereocenters. The van der Waals surface area contributed by atoms with Gasteiger partial charge in [-0.2, -0.15) is 5.10 Å². The Morgan fingerprint density at radius 3 is 2.70 bits per heavy atom. The van der Waals surface area contributed by atoms with Crippen molar-refractivity contribution in [1.29, 1.82) is 0 Å². The van der Waals surface area contributed by atoms with Crippen molar-refractivity contribution in [3.8, 4) is 5.69 Å². The number of benzene rings is 2. The molecule has 2 aromatic carbocycles. The van der Waals surface area contributed by atoms with Gasteiger partial charge in [0.15, 0.2) is 10.8 Å². The van der Waals surface area contributed by atoms with Crippen LogP contribution in [0.25, 0.3) is 16.7 Å². The van der Waals surface area contributed by atoms with Crippen LogP contribution in [0.4, 0.5) is 0 Å². The standard InChI is InChI=1S/C21H20N4OS/c1-13-8-9-14(2)16(10-13)12-27-21-23-19-17(20(26)24-21)11-22-25(19)18-7-5-4-6-15(18)3/h4-11H,12H2,1-3H3,(H,23,24,26). The second kappa shape index (κ2) is 7.04. The molecule has 6 heteroatoms. The van der Waals surface area contributed by atoms with Crippen LogP contribution in [0.5, 0.6) is 0 Å². The van der Waals surface area contributed by atoms with Crippen molar-refractivity contribution in [3.63, 3.8) is 0 Å². The summed E-state index contributed by atoms with van der Waals surface area (Å²) in [6.07, 6.45) is 1.58. The zero-order chi connectivity index (χ0) is 19.0. The SMILES string of the molecule is Cc1ccc(C)c(CSc2nc3c(cnn3-c3ccccc3C)c(=O)[nH]2)c1. The van der Waals surface area contributed by atoms with E-state index in [0.29, 0.717) is 16.2 Å². The van der Waals surface area contributed by atoms with Gasteiger partial charge in [0.1, 0.15) is 5.39 Å². The number of nitrogens with zero attached hydrogens (tertiary/aromatic N) is 3. The van der Waals surface area contributed by atoms with Crippen LogP contribution in [-0.2, 0) is 5.75 Å². The molecule has 0 radical (unpaired) electrons. The minimum absolute atomic E-state index is 0.164. The minimum atomic E-state index is -0.164. The summed E-state index contributed by atoms with van der Waals surface area (Å²) in [4.78, 5) is 20.1. The molecule has 2 heterocycles. The number of aromatic amines is 1. The Hall–Kier alpha value is -2.86. The first-order chi connectivity index (χ1) is 13.0. The van der Waals surface area contributed by atoms with Gasteiger partial charge in [0, 0.05) is 5.75 Å². The van der Waals surface area contributed by atoms with Crippen molar-refractivity contribution >= 4 is 22.8 Å². The fourth-order valence-electron chi connectivity index (χ4n) is 3.05. The van der Waals surface area contributed by atoms with Gasteiger partial charge in [-0.1, -0.05) is 53.7 Å². The number of fused-ring (bicyclic) bond motifs is 1. The van der Waals surface area contributed by atoms with E-state index in [0.717, 1.165) is 17.0 Å². The molecule has 0 aliphatic carbocycles. The van der Waals surface area contributed by atoms with E-state index < -0.39 is 0 Å². The highest BCUT2D eigenvalue weighted by atomic mass is 32.2. The molecule has 5 nitrogen and oxygen atoms in total. The van der Waals surface area contributed by atoms with Gasteiger partial charge in [-0.15, -0.1) is 0 Å². The van der Waals surface area contributed by atoms with Gasteiger partial charge in [-0.25, -0.2) is 9.67 Å². The Kier molecular flexibility index (Phi) is 4.58. The van der Waals surface area contributed by atoms with Gasteiger partial charge >= 0.3 is 0 Å². The molecular formula is C21H20N4OS. The highest BCUT2D eigenvalue weighted by Crippen LogP contribution is 2.24. The first kappa shape index (κ1) is 17.5. The molecule has 0 spiro atoms. The number of aromatic nitrogens is 4. The zero-order valence-corrected chi connectivity index (χ0v) is 16.3. The topological polar surface area (TPSA) is 63.6 Å². The van der Waals surface area contributed by atoms with Crippen molar-refractivity contribution in [2.45, 2.75) is 31.7 Å². The largest absolute Gasteiger partial charge is 0.301 e. The van der Waals surface area contributed by atoms with Gasteiger partial charge < -0.3 is 4.98 Å². The highest BCUT2D eigenvalue weighted by Gasteiger charge is 2.13. The number of hydrogen-bond acceptors (Lipinski definition) is 4. The summed E-state index contributed by atoms with van der Waals surface area (Å²) in [6, 6.07) is 14.3. The molecule has 0 fully saturated rings. The van der Waals surface area contributed by atoms with E-state index in [2.05, 4.69) is 47.1 Å². The van der Waals surface area contributed by atoms with Gasteiger partial charge in [0.25, 0.3) is 5.56 Å². The predicted octanol–water partition coefficient (Wildman–Crippen LogP) is 4.33. The third-order valence-electron chi connectivity index (χ3n) is 4.63. The van der Waals surface area contributed by atoms with Crippen LogP contribution in [0.1, 0.15) is 22.3 Å². The maximum absolute atomic E-state index is 12.5. The minimum Gasteiger partial charge on any atom is -0.301 e. The molecule has 0 saturated carbocycles. The van der Waals surface area contributed by atoms with E-state index in [1.54, 1.807) is 10.9 Å². The van der Waals surface area contributed by atoms with Crippen LogP contribution in [-0.4, -0.2) is 19.7 Å². The van der Waals surface area contributed by atoms with Crippen molar-refractivity contribution < 1.29 is 0 Å². The second-order valence-corrected chi connectivity index (χ2v) is 7.63. The van der Waals surface area contributed by atoms with E-state index >= 15 is 0 Å². The molecule has 0 aliphatic heterocycles. The third kappa shape index (κ3) is 3.40. The van der Waals surface area contributed by atoms with Gasteiger partial charge in [0.2, 0.25) is 0 Å². The molecular weight excluding hydrogens is 356 g/mol. The number of nitrogens with one attached hydrogen (secondary N) is 1. The fraction of sp³-hybridized carbons (Fsp3) is 0.190. The van der Waals surface area contributed by atoms with Crippen LogP contribution >= 0.6 is 11.8 Å². The molecule has 4 aromatic rings. The average molecular weight is 376 g/mol. The summed E-state index contributed by atoms with van der Waals surface area (Å²) >= 11 is 1.53. The molecule has 136 valence electrons. The summed E-state index contributed by atoms with van der Waals surface area (Å²) in [5, 5.41) is 5.49. The first-order valence-corrected chi connectivity index (χ1v) is 9.74. The van der Waals surface area contributed by atoms with E-state index in [1.807, 2.05) is 31.2 Å². The Morgan fingerprint density at radius 2 is 1.89 bits per heavy atom. The van der Waals surface area contributed by atoms with Gasteiger partial charge in [-0.05, 0) is 43.5 Å². The van der Waals surface area contributed by atoms with Crippen molar-refractivity contribution in [2.75, 3.05) is 0 Å². The lowest BCUT2D eigenvalue weighted by Crippen LogP contribution is -2.10. The molecule has 27 heavy (non-hydrogen) atoms. The average Bonchev–Trinajstić information content (AvgIpc) is 3.07. The number of hydrogen-bond donors (Lipinski definition) is 1. The number of rotatable bonds is 4. The summed E-state index contributed by atoms with van der Waals surface area (Å²) < 4.78 is 1.74. The second-order valence-electron chi connectivity index (χ2n) is 6.67. The molecule has 1 N–H and O–H groups in total. The monoisotopic (exact) mass is 376 g/mol. The van der Waals surface area contributed by atoms with E-state index in [1.165, 1.54) is 28.5 Å². The Bertz CT molecular complexity index is 1190. The molecule has 0 atom stereocenters. The van der Waals surface area contributed by atoms with E-state index in [-0.39, 0.29) is 5.56 Å². The number of thioether (sulfide) groups is 1. The Balaban J connectivity index is 1.73. The highest BCUT2D eigenvalue weighted by molar-refractivity contribution is 7.98. The van der Waals surface area contributed by atoms with E-state index in [9.17, 15) is 4.79 Å². The smallest absolute Gasteiger partial charge is 0.262 e. The summed E-state index contributed by atoms with van der Waals surface area (Å²) in [6.45, 7) is 6.20. The van der Waals surface area contributed by atoms with E-state index in [4.69, 9.17) is 0 Å². The molecule has 0 bridgehead atoms. The van der Waals surface area contributed by atoms with Crippen molar-refractivity contribution in [3.05, 3.63) is 81.3 Å². The number of para-hydroxylation sites is 1. The van der Waals surface area contributed by atoms with Crippen LogP contribution in [0.15, 0.2) is 58.6 Å².